The minimum Gasteiger partial charge on any atom is -0.292 e. The Bertz CT molecular complexity index is 554. The number of nitriles is 1. The molecule has 114 valence electrons. The van der Waals surface area contributed by atoms with Crippen LogP contribution in [0.3, 0.4) is 0 Å². The van der Waals surface area contributed by atoms with Gasteiger partial charge in [0, 0.05) is 5.41 Å². The number of hydrogen-bond donors (Lipinski definition) is 0. The Morgan fingerprint density at radius 1 is 1.33 bits per heavy atom. The average molecular weight is 299 g/mol. The van der Waals surface area contributed by atoms with E-state index >= 15 is 0 Å². The number of nitrogens with zero attached hydrogens (tertiary/aromatic N) is 5. The predicted octanol–water partition coefficient (Wildman–Crippen LogP) is 3.10. The van der Waals surface area contributed by atoms with Crippen LogP contribution in [0.2, 0.25) is 0 Å². The van der Waals surface area contributed by atoms with Gasteiger partial charge in [0.15, 0.2) is 11.9 Å². The van der Waals surface area contributed by atoms with Crippen molar-refractivity contribution in [2.24, 2.45) is 0 Å². The maximum absolute atomic E-state index is 12.3. The molecular formula is C13H16F3N5. The van der Waals surface area contributed by atoms with Crippen LogP contribution in [-0.2, 0) is 12.0 Å². The lowest BCUT2D eigenvalue weighted by Crippen LogP contribution is -2.31. The summed E-state index contributed by atoms with van der Waals surface area (Å²) in [6, 6.07) is 1.69. The molecule has 0 aromatic carbocycles. The van der Waals surface area contributed by atoms with Crippen LogP contribution >= 0.6 is 0 Å². The molecule has 0 spiro atoms. The van der Waals surface area contributed by atoms with Crippen molar-refractivity contribution in [3.63, 3.8) is 0 Å². The Hall–Kier alpha value is -2.09. The number of hydrogen-bond acceptors (Lipinski definition) is 3. The molecule has 0 aliphatic rings. The molecule has 1 aromatic heterocycles. The normalized spacial score (nSPS) is 15.0. The molecule has 21 heavy (non-hydrogen) atoms. The van der Waals surface area contributed by atoms with Crippen LogP contribution in [0, 0.1) is 17.9 Å². The van der Waals surface area contributed by atoms with E-state index in [0.29, 0.717) is 5.82 Å². The molecule has 8 heteroatoms. The summed E-state index contributed by atoms with van der Waals surface area (Å²) in [5.74, 6) is 0.509. The molecule has 0 amide bonds. The SMILES string of the molecule is [C-]#[N+]C(C#N)(CCC(F)(F)F)Cn1cnc(C(C)(C)C)n1. The van der Waals surface area contributed by atoms with E-state index < -0.39 is 24.6 Å². The van der Waals surface area contributed by atoms with E-state index in [-0.39, 0.29) is 12.0 Å². The summed E-state index contributed by atoms with van der Waals surface area (Å²) in [5.41, 5.74) is -2.09. The van der Waals surface area contributed by atoms with Crippen molar-refractivity contribution in [2.45, 2.75) is 57.3 Å². The third kappa shape index (κ3) is 4.75. The van der Waals surface area contributed by atoms with E-state index in [1.807, 2.05) is 20.8 Å². The van der Waals surface area contributed by atoms with Crippen molar-refractivity contribution in [3.8, 4) is 6.07 Å². The zero-order chi connectivity index (χ0) is 16.3. The van der Waals surface area contributed by atoms with Gasteiger partial charge < -0.3 is 0 Å². The first-order valence-corrected chi connectivity index (χ1v) is 6.28. The van der Waals surface area contributed by atoms with Gasteiger partial charge in [-0.25, -0.2) is 16.2 Å². The van der Waals surface area contributed by atoms with Crippen molar-refractivity contribution in [3.05, 3.63) is 23.6 Å². The third-order valence-electron chi connectivity index (χ3n) is 2.88. The Morgan fingerprint density at radius 2 is 1.95 bits per heavy atom. The quantitative estimate of drug-likeness (QED) is 0.803. The van der Waals surface area contributed by atoms with Crippen LogP contribution in [-0.4, -0.2) is 26.5 Å². The first-order chi connectivity index (χ1) is 9.51. The fourth-order valence-electron chi connectivity index (χ4n) is 1.62. The maximum Gasteiger partial charge on any atom is 0.389 e. The van der Waals surface area contributed by atoms with Gasteiger partial charge in [-0.3, -0.25) is 4.85 Å². The van der Waals surface area contributed by atoms with Gasteiger partial charge in [-0.2, -0.15) is 23.5 Å². The topological polar surface area (TPSA) is 58.9 Å². The standard InChI is InChI=1S/C13H16F3N5/c1-11(2,3)10-19-9-21(20-10)8-12(7-17,18-4)5-6-13(14,15)16/h9H,5-6,8H2,1-3H3. The van der Waals surface area contributed by atoms with Gasteiger partial charge in [-0.15, -0.1) is 0 Å². The lowest BCUT2D eigenvalue weighted by atomic mass is 9.96. The minimum absolute atomic E-state index is 0.230. The molecule has 1 unspecified atom stereocenters. The molecule has 1 heterocycles. The van der Waals surface area contributed by atoms with Crippen LogP contribution in [0.1, 0.15) is 39.4 Å². The van der Waals surface area contributed by atoms with Crippen molar-refractivity contribution in [2.75, 3.05) is 0 Å². The zero-order valence-electron chi connectivity index (χ0n) is 12.1. The van der Waals surface area contributed by atoms with E-state index in [1.165, 1.54) is 11.0 Å². The number of alkyl halides is 3. The first kappa shape index (κ1) is 17.0. The van der Waals surface area contributed by atoms with Crippen LogP contribution in [0.15, 0.2) is 6.33 Å². The fourth-order valence-corrected chi connectivity index (χ4v) is 1.62. The largest absolute Gasteiger partial charge is 0.389 e. The van der Waals surface area contributed by atoms with Gasteiger partial charge >= 0.3 is 11.7 Å². The van der Waals surface area contributed by atoms with Gasteiger partial charge in [0.1, 0.15) is 12.9 Å². The van der Waals surface area contributed by atoms with E-state index in [4.69, 9.17) is 11.8 Å². The van der Waals surface area contributed by atoms with Crippen molar-refractivity contribution < 1.29 is 13.2 Å². The summed E-state index contributed by atoms with van der Waals surface area (Å²) in [4.78, 5) is 7.17. The summed E-state index contributed by atoms with van der Waals surface area (Å²) >= 11 is 0. The molecular weight excluding hydrogens is 283 g/mol. The Kier molecular flexibility index (Phi) is 4.62. The number of aromatic nitrogens is 3. The molecule has 0 saturated carbocycles. The van der Waals surface area contributed by atoms with Crippen LogP contribution < -0.4 is 0 Å². The van der Waals surface area contributed by atoms with Gasteiger partial charge in [-0.05, 0) is 0 Å². The monoisotopic (exact) mass is 299 g/mol. The molecule has 0 N–H and O–H groups in total. The van der Waals surface area contributed by atoms with Crippen LogP contribution in [0.25, 0.3) is 4.85 Å². The molecule has 0 bridgehead atoms. The highest BCUT2D eigenvalue weighted by Crippen LogP contribution is 2.29. The molecule has 0 saturated heterocycles. The highest BCUT2D eigenvalue weighted by atomic mass is 19.4. The second-order valence-corrected chi connectivity index (χ2v) is 5.89. The van der Waals surface area contributed by atoms with E-state index in [9.17, 15) is 13.2 Å². The highest BCUT2D eigenvalue weighted by Gasteiger charge is 2.42. The molecule has 0 radical (unpaired) electrons. The zero-order valence-corrected chi connectivity index (χ0v) is 12.1. The highest BCUT2D eigenvalue weighted by molar-refractivity contribution is 5.15. The fraction of sp³-hybridized carbons (Fsp3) is 0.692. The summed E-state index contributed by atoms with van der Waals surface area (Å²) in [5, 5.41) is 13.2. The summed E-state index contributed by atoms with van der Waals surface area (Å²) in [7, 11) is 0. The number of rotatable bonds is 4. The molecule has 5 nitrogen and oxygen atoms in total. The Morgan fingerprint density at radius 3 is 2.33 bits per heavy atom. The summed E-state index contributed by atoms with van der Waals surface area (Å²) < 4.78 is 38.2. The molecule has 1 rings (SSSR count). The number of halogens is 3. The van der Waals surface area contributed by atoms with E-state index in [2.05, 4.69) is 14.9 Å². The minimum atomic E-state index is -4.40. The smallest absolute Gasteiger partial charge is 0.292 e. The summed E-state index contributed by atoms with van der Waals surface area (Å²) in [6.07, 6.45) is -4.82. The average Bonchev–Trinajstić information content (AvgIpc) is 2.82. The Labute approximate surface area is 121 Å². The molecule has 1 aromatic rings. The van der Waals surface area contributed by atoms with Crippen molar-refractivity contribution >= 4 is 0 Å². The molecule has 0 aliphatic carbocycles. The maximum atomic E-state index is 12.3. The van der Waals surface area contributed by atoms with Crippen LogP contribution in [0.5, 0.6) is 0 Å². The lowest BCUT2D eigenvalue weighted by Gasteiger charge is -2.16. The molecule has 0 fully saturated rings. The first-order valence-electron chi connectivity index (χ1n) is 6.28. The molecule has 0 aliphatic heterocycles. The van der Waals surface area contributed by atoms with Gasteiger partial charge in [-0.1, -0.05) is 20.8 Å². The predicted molar refractivity (Wildman–Crippen MR) is 69.0 cm³/mol. The van der Waals surface area contributed by atoms with Gasteiger partial charge in [0.2, 0.25) is 0 Å². The molecule has 1 atom stereocenters. The van der Waals surface area contributed by atoms with Crippen LogP contribution in [0.4, 0.5) is 13.2 Å². The van der Waals surface area contributed by atoms with E-state index in [0.717, 1.165) is 0 Å². The lowest BCUT2D eigenvalue weighted by molar-refractivity contribution is -0.137. The van der Waals surface area contributed by atoms with Crippen molar-refractivity contribution in [1.82, 2.24) is 14.8 Å². The second kappa shape index (κ2) is 5.72. The third-order valence-corrected chi connectivity index (χ3v) is 2.88. The van der Waals surface area contributed by atoms with Gasteiger partial charge in [0.05, 0.1) is 12.8 Å². The van der Waals surface area contributed by atoms with Gasteiger partial charge in [0.25, 0.3) is 0 Å². The van der Waals surface area contributed by atoms with E-state index in [1.54, 1.807) is 6.07 Å². The Balaban J connectivity index is 2.92. The summed E-state index contributed by atoms with van der Waals surface area (Å²) in [6.45, 7) is 12.5. The second-order valence-electron chi connectivity index (χ2n) is 5.89. The van der Waals surface area contributed by atoms with Crippen molar-refractivity contribution in [1.29, 1.82) is 5.26 Å².